The highest BCUT2D eigenvalue weighted by molar-refractivity contribution is 6.10. The normalized spacial score (nSPS) is 11.2. The lowest BCUT2D eigenvalue weighted by Gasteiger charge is -2.27. The minimum Gasteiger partial charge on any atom is -0.455 e. The van der Waals surface area contributed by atoms with Crippen LogP contribution in [-0.2, 0) is 0 Å². The van der Waals surface area contributed by atoms with Crippen molar-refractivity contribution < 1.29 is 4.42 Å². The molecule has 0 unspecified atom stereocenters. The van der Waals surface area contributed by atoms with Gasteiger partial charge in [0.25, 0.3) is 0 Å². The molecule has 0 radical (unpaired) electrons. The van der Waals surface area contributed by atoms with E-state index in [4.69, 9.17) is 4.42 Å². The highest BCUT2D eigenvalue weighted by atomic mass is 16.3. The lowest BCUT2D eigenvalue weighted by atomic mass is 9.92. The van der Waals surface area contributed by atoms with Gasteiger partial charge in [-0.05, 0) is 131 Å². The van der Waals surface area contributed by atoms with E-state index in [-0.39, 0.29) is 0 Å². The third-order valence-electron chi connectivity index (χ3n) is 11.0. The molecule has 0 aliphatic carbocycles. The Morgan fingerprint density at radius 1 is 0.328 bits per heavy atom. The molecular weight excluding hydrogens is 705 g/mol. The molecule has 0 aliphatic heterocycles. The van der Waals surface area contributed by atoms with E-state index >= 15 is 0 Å². The number of para-hydroxylation sites is 6. The van der Waals surface area contributed by atoms with Crippen LogP contribution in [0.3, 0.4) is 0 Å². The molecule has 9 aromatic carbocycles. The lowest BCUT2D eigenvalue weighted by molar-refractivity contribution is 0.670. The molecule has 3 nitrogen and oxygen atoms in total. The number of anilines is 6. The summed E-state index contributed by atoms with van der Waals surface area (Å²) in [6.45, 7) is 2.17. The molecule has 0 bridgehead atoms. The van der Waals surface area contributed by atoms with Crippen molar-refractivity contribution in [3.8, 4) is 33.4 Å². The molecule has 58 heavy (non-hydrogen) atoms. The van der Waals surface area contributed by atoms with Gasteiger partial charge in [0.2, 0.25) is 0 Å². The van der Waals surface area contributed by atoms with Gasteiger partial charge in [-0.2, -0.15) is 0 Å². The fraction of sp³-hybridized carbons (Fsp3) is 0.0182. The van der Waals surface area contributed by atoms with Gasteiger partial charge in [0.05, 0.1) is 0 Å². The quantitative estimate of drug-likeness (QED) is 0.147. The van der Waals surface area contributed by atoms with Gasteiger partial charge in [-0.3, -0.25) is 0 Å². The Kier molecular flexibility index (Phi) is 9.09. The summed E-state index contributed by atoms with van der Waals surface area (Å²) in [7, 11) is 0. The monoisotopic (exact) mass is 744 g/mol. The first-order valence-electron chi connectivity index (χ1n) is 19.8. The van der Waals surface area contributed by atoms with Gasteiger partial charge >= 0.3 is 0 Å². The highest BCUT2D eigenvalue weighted by Gasteiger charge is 2.18. The van der Waals surface area contributed by atoms with Gasteiger partial charge in [-0.15, -0.1) is 0 Å². The Hall–Kier alpha value is -7.62. The van der Waals surface area contributed by atoms with Crippen LogP contribution in [0.15, 0.2) is 229 Å². The SMILES string of the molecule is Cc1ccccc1N(c1ccccc1)c1ccc(-c2cc(-c3ccc(N(c4ccccc4)c4ccccc4)cc3)cc(-c3cccc4c3oc3ccccc34)c2)cc1. The van der Waals surface area contributed by atoms with Gasteiger partial charge in [0.1, 0.15) is 11.2 Å². The summed E-state index contributed by atoms with van der Waals surface area (Å²) >= 11 is 0. The first-order chi connectivity index (χ1) is 28.7. The maximum absolute atomic E-state index is 6.58. The van der Waals surface area contributed by atoms with Crippen LogP contribution in [0.4, 0.5) is 34.1 Å². The maximum atomic E-state index is 6.58. The van der Waals surface area contributed by atoms with Crippen LogP contribution in [0, 0.1) is 6.92 Å². The topological polar surface area (TPSA) is 19.6 Å². The lowest BCUT2D eigenvalue weighted by Crippen LogP contribution is -2.11. The summed E-state index contributed by atoms with van der Waals surface area (Å²) in [6, 6.07) is 79.8. The third kappa shape index (κ3) is 6.59. The Morgan fingerprint density at radius 3 is 1.36 bits per heavy atom. The average Bonchev–Trinajstić information content (AvgIpc) is 3.68. The number of nitrogens with zero attached hydrogens (tertiary/aromatic N) is 2. The zero-order chi connectivity index (χ0) is 38.8. The number of benzene rings is 9. The molecule has 1 aromatic heterocycles. The Labute approximate surface area is 339 Å². The van der Waals surface area contributed by atoms with E-state index in [0.29, 0.717) is 0 Å². The molecule has 10 rings (SSSR count). The van der Waals surface area contributed by atoms with E-state index in [0.717, 1.165) is 89.4 Å². The summed E-state index contributed by atoms with van der Waals surface area (Å²) in [5.74, 6) is 0. The second-order valence-corrected chi connectivity index (χ2v) is 14.6. The van der Waals surface area contributed by atoms with Crippen molar-refractivity contribution in [2.75, 3.05) is 9.80 Å². The largest absolute Gasteiger partial charge is 0.455 e. The maximum Gasteiger partial charge on any atom is 0.143 e. The molecule has 10 aromatic rings. The molecular formula is C55H40N2O. The van der Waals surface area contributed by atoms with Gasteiger partial charge in [0, 0.05) is 50.5 Å². The summed E-state index contributed by atoms with van der Waals surface area (Å²) in [6.07, 6.45) is 0. The number of aryl methyl sites for hydroxylation is 1. The van der Waals surface area contributed by atoms with Crippen LogP contribution in [0.5, 0.6) is 0 Å². The first kappa shape index (κ1) is 34.8. The van der Waals surface area contributed by atoms with Crippen molar-refractivity contribution in [2.45, 2.75) is 6.92 Å². The van der Waals surface area contributed by atoms with Crippen LogP contribution in [0.25, 0.3) is 55.3 Å². The van der Waals surface area contributed by atoms with Gasteiger partial charge in [-0.25, -0.2) is 0 Å². The number of rotatable bonds is 9. The average molecular weight is 745 g/mol. The molecule has 0 saturated carbocycles. The van der Waals surface area contributed by atoms with Crippen molar-refractivity contribution in [3.63, 3.8) is 0 Å². The third-order valence-corrected chi connectivity index (χ3v) is 11.0. The van der Waals surface area contributed by atoms with Crippen molar-refractivity contribution in [1.82, 2.24) is 0 Å². The zero-order valence-electron chi connectivity index (χ0n) is 32.2. The number of furan rings is 1. The second kappa shape index (κ2) is 15.1. The smallest absolute Gasteiger partial charge is 0.143 e. The number of fused-ring (bicyclic) bond motifs is 3. The van der Waals surface area contributed by atoms with Crippen molar-refractivity contribution >= 4 is 56.1 Å². The number of hydrogen-bond acceptors (Lipinski definition) is 3. The van der Waals surface area contributed by atoms with Crippen LogP contribution in [-0.4, -0.2) is 0 Å². The van der Waals surface area contributed by atoms with Crippen LogP contribution >= 0.6 is 0 Å². The van der Waals surface area contributed by atoms with Crippen LogP contribution < -0.4 is 9.80 Å². The van der Waals surface area contributed by atoms with Crippen LogP contribution in [0.2, 0.25) is 0 Å². The van der Waals surface area contributed by atoms with Gasteiger partial charge in [-0.1, -0.05) is 133 Å². The minimum atomic E-state index is 0.894. The second-order valence-electron chi connectivity index (χ2n) is 14.6. The van der Waals surface area contributed by atoms with Gasteiger partial charge < -0.3 is 14.2 Å². The molecule has 0 aliphatic rings. The van der Waals surface area contributed by atoms with Crippen molar-refractivity contribution in [3.05, 3.63) is 230 Å². The standard InChI is InChI=1S/C55H40N2O/c1-39-16-11-13-26-53(39)57(47-21-9-4-10-22-47)49-34-30-41(31-35-49)43-36-42(37-44(38-43)50-24-15-25-52-51-23-12-14-27-54(51)58-55(50)52)40-28-32-48(33-29-40)56(45-17-5-2-6-18-45)46-19-7-3-8-20-46/h2-38H,1H3. The van der Waals surface area contributed by atoms with Crippen LogP contribution in [0.1, 0.15) is 5.56 Å². The molecule has 1 heterocycles. The zero-order valence-corrected chi connectivity index (χ0v) is 32.2. The summed E-state index contributed by atoms with van der Waals surface area (Å²) in [4.78, 5) is 4.63. The fourth-order valence-corrected chi connectivity index (χ4v) is 8.12. The van der Waals surface area contributed by atoms with E-state index in [1.165, 1.54) is 5.56 Å². The van der Waals surface area contributed by atoms with Crippen molar-refractivity contribution in [1.29, 1.82) is 0 Å². The Morgan fingerprint density at radius 2 is 0.776 bits per heavy atom. The highest BCUT2D eigenvalue weighted by Crippen LogP contribution is 2.42. The molecule has 276 valence electrons. The Balaban J connectivity index is 1.10. The van der Waals surface area contributed by atoms with E-state index in [1.54, 1.807) is 0 Å². The first-order valence-corrected chi connectivity index (χ1v) is 19.8. The Bertz CT molecular complexity index is 2950. The van der Waals surface area contributed by atoms with E-state index in [2.05, 4.69) is 229 Å². The molecule has 0 N–H and O–H groups in total. The molecule has 3 heteroatoms. The van der Waals surface area contributed by atoms with Gasteiger partial charge in [0.15, 0.2) is 0 Å². The summed E-state index contributed by atoms with van der Waals surface area (Å²) in [5.41, 5.74) is 16.4. The molecule has 0 spiro atoms. The van der Waals surface area contributed by atoms with E-state index in [9.17, 15) is 0 Å². The predicted molar refractivity (Wildman–Crippen MR) is 244 cm³/mol. The fourth-order valence-electron chi connectivity index (χ4n) is 8.12. The summed E-state index contributed by atoms with van der Waals surface area (Å²) in [5, 5.41) is 2.24. The molecule has 0 fully saturated rings. The van der Waals surface area contributed by atoms with E-state index in [1.807, 2.05) is 12.1 Å². The molecule has 0 atom stereocenters. The minimum absolute atomic E-state index is 0.894. The molecule has 0 amide bonds. The van der Waals surface area contributed by atoms with E-state index < -0.39 is 0 Å². The predicted octanol–water partition coefficient (Wildman–Crippen LogP) is 15.8. The number of hydrogen-bond donors (Lipinski definition) is 0. The summed E-state index contributed by atoms with van der Waals surface area (Å²) < 4.78 is 6.58. The molecule has 0 saturated heterocycles. The van der Waals surface area contributed by atoms with Crippen molar-refractivity contribution in [2.24, 2.45) is 0 Å².